The van der Waals surface area contributed by atoms with Crippen molar-refractivity contribution >= 4 is 22.5 Å². The fourth-order valence-corrected chi connectivity index (χ4v) is 7.12. The minimum absolute atomic E-state index is 0.137. The van der Waals surface area contributed by atoms with E-state index in [1.54, 1.807) is 21.1 Å². The summed E-state index contributed by atoms with van der Waals surface area (Å²) in [6.07, 6.45) is 1.58. The molecule has 0 saturated heterocycles. The maximum atomic E-state index is 13.3. The molecule has 0 saturated carbocycles. The molecular weight excluding hydrogens is 578 g/mol. The summed E-state index contributed by atoms with van der Waals surface area (Å²) >= 11 is 0. The van der Waals surface area contributed by atoms with Crippen LogP contribution in [-0.2, 0) is 25.1 Å². The zero-order valence-corrected chi connectivity index (χ0v) is 31.9. The Balaban J connectivity index is 3.63. The molecule has 0 bridgehead atoms. The van der Waals surface area contributed by atoms with E-state index in [0.29, 0.717) is 31.1 Å². The summed E-state index contributed by atoms with van der Waals surface area (Å²) in [5.41, 5.74) is -2.32. The molecule has 0 unspecified atom stereocenters. The first kappa shape index (κ1) is 39.7. The third-order valence-corrected chi connectivity index (χ3v) is 9.65. The maximum Gasteiger partial charge on any atom is 0.407 e. The lowest BCUT2D eigenvalue weighted by Gasteiger charge is -2.53. The van der Waals surface area contributed by atoms with Gasteiger partial charge in [-0.1, -0.05) is 54.5 Å². The number of carbonyl (C=O) groups excluding carboxylic acids is 1. The molecule has 1 aromatic carbocycles. The Hall–Kier alpha value is -2.30. The number of rotatable bonds is 17. The molecule has 0 fully saturated rings. The van der Waals surface area contributed by atoms with E-state index in [1.165, 1.54) is 0 Å². The first-order valence-electron chi connectivity index (χ1n) is 15.7. The molecular formula is C34H61NO8Si. The number of nitrogens with one attached hydrogen (secondary N) is 1. The van der Waals surface area contributed by atoms with Gasteiger partial charge in [0, 0.05) is 31.6 Å². The zero-order chi connectivity index (χ0) is 34.1. The summed E-state index contributed by atoms with van der Waals surface area (Å²) in [5.74, 6) is 0.437. The summed E-state index contributed by atoms with van der Waals surface area (Å²) in [5, 5.41) is 13.6. The van der Waals surface area contributed by atoms with E-state index in [-0.39, 0.29) is 28.2 Å². The Morgan fingerprint density at radius 3 is 2.02 bits per heavy atom. The molecule has 0 aliphatic heterocycles. The number of carbonyl (C=O) groups is 2. The van der Waals surface area contributed by atoms with Gasteiger partial charge in [0.2, 0.25) is 0 Å². The number of carboxylic acids is 1. The fourth-order valence-electron chi connectivity index (χ4n) is 6.42. The molecule has 10 heteroatoms. The number of carboxylic acid groups (broad SMARTS) is 1. The van der Waals surface area contributed by atoms with Crippen molar-refractivity contribution < 1.29 is 38.1 Å². The van der Waals surface area contributed by atoms with Crippen molar-refractivity contribution in [3.8, 4) is 11.5 Å². The number of hydrogen-bond donors (Lipinski definition) is 2. The van der Waals surface area contributed by atoms with Gasteiger partial charge in [0.05, 0.1) is 13.7 Å². The van der Waals surface area contributed by atoms with E-state index in [2.05, 4.69) is 46.0 Å². The second-order valence-corrected chi connectivity index (χ2v) is 15.4. The van der Waals surface area contributed by atoms with Gasteiger partial charge in [-0.25, -0.2) is 9.59 Å². The predicted octanol–water partition coefficient (Wildman–Crippen LogP) is 6.04. The van der Waals surface area contributed by atoms with Gasteiger partial charge in [-0.15, -0.1) is 0 Å². The Kier molecular flexibility index (Phi) is 14.7. The van der Waals surface area contributed by atoms with Gasteiger partial charge < -0.3 is 33.8 Å². The van der Waals surface area contributed by atoms with Gasteiger partial charge in [0.15, 0.2) is 17.1 Å². The lowest BCUT2D eigenvalue weighted by atomic mass is 9.55. The van der Waals surface area contributed by atoms with Crippen molar-refractivity contribution in [3.63, 3.8) is 0 Å². The van der Waals surface area contributed by atoms with Crippen molar-refractivity contribution in [2.75, 3.05) is 27.4 Å². The van der Waals surface area contributed by atoms with E-state index < -0.39 is 40.1 Å². The van der Waals surface area contributed by atoms with Crippen LogP contribution < -0.4 is 14.8 Å². The molecule has 0 radical (unpaired) electrons. The summed E-state index contributed by atoms with van der Waals surface area (Å²) in [6, 6.07) is 5.59. The van der Waals surface area contributed by atoms with Crippen molar-refractivity contribution in [1.29, 1.82) is 0 Å². The Bertz CT molecular complexity index is 1060. The Labute approximate surface area is 269 Å². The topological polar surface area (TPSA) is 113 Å². The number of hydrogen-bond acceptors (Lipinski definition) is 7. The molecule has 0 aliphatic carbocycles. The van der Waals surface area contributed by atoms with Crippen LogP contribution in [0.2, 0.25) is 0 Å². The average Bonchev–Trinajstić information content (AvgIpc) is 2.87. The molecule has 44 heavy (non-hydrogen) atoms. The van der Waals surface area contributed by atoms with E-state index in [4.69, 9.17) is 23.4 Å². The van der Waals surface area contributed by atoms with Crippen LogP contribution >= 0.6 is 0 Å². The molecule has 4 atom stereocenters. The highest BCUT2D eigenvalue weighted by Crippen LogP contribution is 2.51. The number of ether oxygens (including phenoxy) is 4. The number of benzene rings is 1. The van der Waals surface area contributed by atoms with Gasteiger partial charge in [-0.3, -0.25) is 0 Å². The summed E-state index contributed by atoms with van der Waals surface area (Å²) < 4.78 is 28.3. The number of alkyl carbamates (subject to hydrolysis) is 1. The van der Waals surface area contributed by atoms with Crippen LogP contribution in [0.3, 0.4) is 0 Å². The van der Waals surface area contributed by atoms with Gasteiger partial charge in [0.25, 0.3) is 0 Å². The third-order valence-electron chi connectivity index (χ3n) is 8.84. The van der Waals surface area contributed by atoms with Gasteiger partial charge >= 0.3 is 12.1 Å². The first-order valence-corrected chi connectivity index (χ1v) is 16.5. The first-order chi connectivity index (χ1) is 20.1. The zero-order valence-electron chi connectivity index (χ0n) is 29.9. The number of aliphatic carboxylic acids is 1. The second-order valence-electron chi connectivity index (χ2n) is 15.0. The minimum atomic E-state index is -1.45. The van der Waals surface area contributed by atoms with Gasteiger partial charge in [-0.2, -0.15) is 0 Å². The third kappa shape index (κ3) is 10.9. The molecule has 0 aliphatic rings. The van der Waals surface area contributed by atoms with Crippen LogP contribution in [0.5, 0.6) is 11.5 Å². The molecule has 1 amide bonds. The standard InChI is InChI=1S/C34H61NO8Si/c1-22(2)24(19-23-15-16-26(40-13)27(20-23)41-18-14-17-39-12)21-25(35-30(38)42-32(6,7)8)28(31(3,4)5)33(9,10)34(11,43-44)29(36)37/h15-16,20,22,24-25,28H,14,17-19,21H2,1-13,44H3,(H,35,38)(H,36,37)/t24-,25-,28-,34-/m0/s1. The van der Waals surface area contributed by atoms with Crippen LogP contribution in [0.4, 0.5) is 4.79 Å². The molecule has 0 heterocycles. The quantitative estimate of drug-likeness (QED) is 0.157. The monoisotopic (exact) mass is 639 g/mol. The van der Waals surface area contributed by atoms with E-state index >= 15 is 0 Å². The molecule has 2 N–H and O–H groups in total. The lowest BCUT2D eigenvalue weighted by molar-refractivity contribution is -0.174. The molecule has 0 spiro atoms. The van der Waals surface area contributed by atoms with Crippen LogP contribution in [0, 0.1) is 28.6 Å². The maximum absolute atomic E-state index is 13.3. The molecule has 9 nitrogen and oxygen atoms in total. The average molecular weight is 640 g/mol. The highest BCUT2D eigenvalue weighted by Gasteiger charge is 2.57. The molecule has 1 aromatic rings. The van der Waals surface area contributed by atoms with Crippen LogP contribution in [-0.4, -0.2) is 72.3 Å². The SMILES string of the molecule is COCCCOc1cc(C[C@@H](C[C@H](NC(=O)OC(C)(C)C)[C@@H](C(C)(C)C)C(C)(C)[C@@](C)(O[SiH3])C(=O)O)C(C)C)ccc1OC. The highest BCUT2D eigenvalue weighted by atomic mass is 28.2. The second kappa shape index (κ2) is 16.3. The Morgan fingerprint density at radius 1 is 0.955 bits per heavy atom. The van der Waals surface area contributed by atoms with Crippen LogP contribution in [0.25, 0.3) is 0 Å². The largest absolute Gasteiger partial charge is 0.493 e. The summed E-state index contributed by atoms with van der Waals surface area (Å²) in [4.78, 5) is 26.0. The van der Waals surface area contributed by atoms with Gasteiger partial charge in [-0.05, 0) is 81.4 Å². The predicted molar refractivity (Wildman–Crippen MR) is 179 cm³/mol. The van der Waals surface area contributed by atoms with Crippen molar-refractivity contribution in [2.45, 2.75) is 113 Å². The van der Waals surface area contributed by atoms with E-state index in [0.717, 1.165) is 18.4 Å². The van der Waals surface area contributed by atoms with Crippen molar-refractivity contribution in [3.05, 3.63) is 23.8 Å². The highest BCUT2D eigenvalue weighted by molar-refractivity contribution is 6.00. The van der Waals surface area contributed by atoms with Crippen LogP contribution in [0.15, 0.2) is 18.2 Å². The van der Waals surface area contributed by atoms with Crippen LogP contribution in [0.1, 0.15) is 94.6 Å². The normalized spacial score (nSPS) is 16.1. The van der Waals surface area contributed by atoms with E-state index in [9.17, 15) is 14.7 Å². The Morgan fingerprint density at radius 2 is 1.57 bits per heavy atom. The summed E-state index contributed by atoms with van der Waals surface area (Å²) in [6.45, 7) is 22.8. The van der Waals surface area contributed by atoms with Gasteiger partial charge in [0.1, 0.15) is 16.1 Å². The van der Waals surface area contributed by atoms with E-state index in [1.807, 2.05) is 46.8 Å². The number of amides is 1. The van der Waals surface area contributed by atoms with Crippen molar-refractivity contribution in [1.82, 2.24) is 5.32 Å². The molecule has 254 valence electrons. The lowest BCUT2D eigenvalue weighted by Crippen LogP contribution is -2.62. The minimum Gasteiger partial charge on any atom is -0.493 e. The molecule has 1 rings (SSSR count). The summed E-state index contributed by atoms with van der Waals surface area (Å²) in [7, 11) is 3.55. The number of methoxy groups -OCH3 is 2. The smallest absolute Gasteiger partial charge is 0.407 e. The van der Waals surface area contributed by atoms with Crippen molar-refractivity contribution in [2.24, 2.45) is 28.6 Å². The molecule has 0 aromatic heterocycles. The fraction of sp³-hybridized carbons (Fsp3) is 0.765.